The highest BCUT2D eigenvalue weighted by Gasteiger charge is 2.19. The molecule has 1 fully saturated rings. The van der Waals surface area contributed by atoms with E-state index in [0.717, 1.165) is 70.4 Å². The van der Waals surface area contributed by atoms with E-state index in [9.17, 15) is 0 Å². The molecule has 0 spiro atoms. The number of ether oxygens (including phenoxy) is 1. The van der Waals surface area contributed by atoms with Crippen molar-refractivity contribution in [2.75, 3.05) is 39.3 Å². The third-order valence-electron chi connectivity index (χ3n) is 4.29. The summed E-state index contributed by atoms with van der Waals surface area (Å²) in [6.07, 6.45) is 1.05. The predicted octanol–water partition coefficient (Wildman–Crippen LogP) is 1.28. The van der Waals surface area contributed by atoms with Crippen molar-refractivity contribution in [2.24, 2.45) is 0 Å². The summed E-state index contributed by atoms with van der Waals surface area (Å²) in [5.74, 6) is 1.91. The highest BCUT2D eigenvalue weighted by atomic mass is 16.5. The van der Waals surface area contributed by atoms with Gasteiger partial charge in [-0.15, -0.1) is 5.10 Å². The molecule has 1 aliphatic rings. The Hall–Kier alpha value is -1.99. The number of benzene rings is 1. The van der Waals surface area contributed by atoms with E-state index in [1.54, 1.807) is 0 Å². The zero-order chi connectivity index (χ0) is 16.6. The number of piperazine rings is 1. The summed E-state index contributed by atoms with van der Waals surface area (Å²) in [6, 6.07) is 10.0. The minimum Gasteiger partial charge on any atom is -0.492 e. The second kappa shape index (κ2) is 8.75. The second-order valence-electron chi connectivity index (χ2n) is 6.10. The first-order valence-electron chi connectivity index (χ1n) is 8.72. The second-order valence-corrected chi connectivity index (χ2v) is 6.10. The first-order chi connectivity index (χ1) is 11.8. The summed E-state index contributed by atoms with van der Waals surface area (Å²) in [6.45, 7) is 9.78. The SMILES string of the molecule is CCCn1nnnc1CN1CCN(CCOc2ccccc2)CC1. The van der Waals surface area contributed by atoms with E-state index >= 15 is 0 Å². The average Bonchev–Trinajstić information content (AvgIpc) is 3.05. The van der Waals surface area contributed by atoms with Crippen LogP contribution in [0.25, 0.3) is 0 Å². The minimum absolute atomic E-state index is 0.735. The lowest BCUT2D eigenvalue weighted by Crippen LogP contribution is -2.47. The Morgan fingerprint density at radius 2 is 1.75 bits per heavy atom. The van der Waals surface area contributed by atoms with Gasteiger partial charge in [0.1, 0.15) is 12.4 Å². The van der Waals surface area contributed by atoms with Crippen molar-refractivity contribution >= 4 is 0 Å². The van der Waals surface area contributed by atoms with E-state index in [1.165, 1.54) is 0 Å². The van der Waals surface area contributed by atoms with Crippen molar-refractivity contribution in [1.82, 2.24) is 30.0 Å². The van der Waals surface area contributed by atoms with Crippen LogP contribution in [0.3, 0.4) is 0 Å². The quantitative estimate of drug-likeness (QED) is 0.727. The molecule has 2 aromatic rings. The number of aryl methyl sites for hydroxylation is 1. The molecule has 130 valence electrons. The third kappa shape index (κ3) is 4.75. The van der Waals surface area contributed by atoms with Crippen LogP contribution >= 0.6 is 0 Å². The van der Waals surface area contributed by atoms with E-state index in [2.05, 4.69) is 32.2 Å². The molecule has 2 heterocycles. The molecule has 24 heavy (non-hydrogen) atoms. The van der Waals surface area contributed by atoms with Crippen molar-refractivity contribution < 1.29 is 4.74 Å². The smallest absolute Gasteiger partial charge is 0.165 e. The molecule has 3 rings (SSSR count). The maximum Gasteiger partial charge on any atom is 0.165 e. The lowest BCUT2D eigenvalue weighted by atomic mass is 10.3. The summed E-state index contributed by atoms with van der Waals surface area (Å²) in [7, 11) is 0. The molecule has 1 aromatic heterocycles. The maximum absolute atomic E-state index is 5.78. The summed E-state index contributed by atoms with van der Waals surface area (Å²) >= 11 is 0. The molecule has 0 radical (unpaired) electrons. The van der Waals surface area contributed by atoms with Crippen LogP contribution in [0.1, 0.15) is 19.2 Å². The Bertz CT molecular complexity index is 594. The van der Waals surface area contributed by atoms with Crippen molar-refractivity contribution in [3.63, 3.8) is 0 Å². The van der Waals surface area contributed by atoms with Gasteiger partial charge in [0.25, 0.3) is 0 Å². The minimum atomic E-state index is 0.735. The lowest BCUT2D eigenvalue weighted by Gasteiger charge is -2.34. The number of para-hydroxylation sites is 1. The number of tetrazole rings is 1. The topological polar surface area (TPSA) is 59.3 Å². The fraction of sp³-hybridized carbons (Fsp3) is 0.588. The van der Waals surface area contributed by atoms with Gasteiger partial charge in [0.05, 0.1) is 6.54 Å². The Morgan fingerprint density at radius 3 is 2.50 bits per heavy atom. The number of hydrogen-bond acceptors (Lipinski definition) is 6. The largest absolute Gasteiger partial charge is 0.492 e. The van der Waals surface area contributed by atoms with Crippen LogP contribution < -0.4 is 4.74 Å². The zero-order valence-corrected chi connectivity index (χ0v) is 14.3. The molecule has 0 amide bonds. The Labute approximate surface area is 143 Å². The molecule has 7 heteroatoms. The van der Waals surface area contributed by atoms with Crippen molar-refractivity contribution in [3.05, 3.63) is 36.2 Å². The standard InChI is InChI=1S/C17H26N6O/c1-2-8-23-17(18-19-20-23)15-22-11-9-21(10-12-22)13-14-24-16-6-4-3-5-7-16/h3-7H,2,8-15H2,1H3. The zero-order valence-electron chi connectivity index (χ0n) is 14.3. The molecule has 0 unspecified atom stereocenters. The number of hydrogen-bond donors (Lipinski definition) is 0. The lowest BCUT2D eigenvalue weighted by molar-refractivity contribution is 0.109. The van der Waals surface area contributed by atoms with Gasteiger partial charge >= 0.3 is 0 Å². The van der Waals surface area contributed by atoms with Crippen molar-refractivity contribution in [2.45, 2.75) is 26.4 Å². The van der Waals surface area contributed by atoms with Gasteiger partial charge in [-0.2, -0.15) is 0 Å². The van der Waals surface area contributed by atoms with Gasteiger partial charge in [-0.25, -0.2) is 4.68 Å². The van der Waals surface area contributed by atoms with Crippen molar-refractivity contribution in [1.29, 1.82) is 0 Å². The number of aromatic nitrogens is 4. The van der Waals surface area contributed by atoms with Gasteiger partial charge in [-0.3, -0.25) is 9.80 Å². The molecular formula is C17H26N6O. The summed E-state index contributed by atoms with van der Waals surface area (Å²) in [4.78, 5) is 4.88. The first kappa shape index (κ1) is 16.9. The van der Waals surface area contributed by atoms with Gasteiger partial charge in [0.15, 0.2) is 5.82 Å². The molecule has 0 bridgehead atoms. The Balaban J connectivity index is 1.37. The normalized spacial score (nSPS) is 16.4. The van der Waals surface area contributed by atoms with Crippen LogP contribution in [0.5, 0.6) is 5.75 Å². The first-order valence-corrected chi connectivity index (χ1v) is 8.72. The van der Waals surface area contributed by atoms with E-state index < -0.39 is 0 Å². The summed E-state index contributed by atoms with van der Waals surface area (Å²) in [5, 5.41) is 12.0. The van der Waals surface area contributed by atoms with Crippen molar-refractivity contribution in [3.8, 4) is 5.75 Å². The van der Waals surface area contributed by atoms with Crippen LogP contribution in [0, 0.1) is 0 Å². The molecular weight excluding hydrogens is 304 g/mol. The van der Waals surface area contributed by atoms with Gasteiger partial charge in [-0.05, 0) is 29.0 Å². The Kier molecular flexibility index (Phi) is 6.14. The predicted molar refractivity (Wildman–Crippen MR) is 91.8 cm³/mol. The maximum atomic E-state index is 5.78. The molecule has 0 aliphatic carbocycles. The third-order valence-corrected chi connectivity index (χ3v) is 4.29. The van der Waals surface area contributed by atoms with Gasteiger partial charge in [-0.1, -0.05) is 25.1 Å². The van der Waals surface area contributed by atoms with E-state index in [0.29, 0.717) is 0 Å². The highest BCUT2D eigenvalue weighted by molar-refractivity contribution is 5.20. The van der Waals surface area contributed by atoms with Crippen LogP contribution in [0.4, 0.5) is 0 Å². The fourth-order valence-corrected chi connectivity index (χ4v) is 2.90. The van der Waals surface area contributed by atoms with Gasteiger partial charge in [0.2, 0.25) is 0 Å². The monoisotopic (exact) mass is 330 g/mol. The molecule has 7 nitrogen and oxygen atoms in total. The number of nitrogens with zero attached hydrogens (tertiary/aromatic N) is 6. The van der Waals surface area contributed by atoms with Gasteiger partial charge in [0, 0.05) is 39.3 Å². The highest BCUT2D eigenvalue weighted by Crippen LogP contribution is 2.09. The van der Waals surface area contributed by atoms with Crippen LogP contribution in [0.15, 0.2) is 30.3 Å². The molecule has 1 saturated heterocycles. The molecule has 1 aromatic carbocycles. The number of rotatable bonds is 8. The van der Waals surface area contributed by atoms with Crippen LogP contribution in [-0.2, 0) is 13.1 Å². The average molecular weight is 330 g/mol. The molecule has 0 N–H and O–H groups in total. The molecule has 1 aliphatic heterocycles. The summed E-state index contributed by atoms with van der Waals surface area (Å²) < 4.78 is 7.70. The summed E-state index contributed by atoms with van der Waals surface area (Å²) in [5.41, 5.74) is 0. The Morgan fingerprint density at radius 1 is 1.00 bits per heavy atom. The van der Waals surface area contributed by atoms with Crippen LogP contribution in [0.2, 0.25) is 0 Å². The van der Waals surface area contributed by atoms with E-state index in [1.807, 2.05) is 35.0 Å². The van der Waals surface area contributed by atoms with E-state index in [4.69, 9.17) is 4.74 Å². The van der Waals surface area contributed by atoms with Gasteiger partial charge < -0.3 is 4.74 Å². The fourth-order valence-electron chi connectivity index (χ4n) is 2.90. The van der Waals surface area contributed by atoms with Crippen LogP contribution in [-0.4, -0.2) is 69.3 Å². The molecule has 0 saturated carbocycles. The molecule has 0 atom stereocenters. The van der Waals surface area contributed by atoms with E-state index in [-0.39, 0.29) is 0 Å².